The lowest BCUT2D eigenvalue weighted by Gasteiger charge is -2.10. The molecule has 20 heavy (non-hydrogen) atoms. The Hall–Kier alpha value is -2.30. The number of aromatic amines is 1. The summed E-state index contributed by atoms with van der Waals surface area (Å²) in [6.07, 6.45) is 1.80. The van der Waals surface area contributed by atoms with E-state index in [1.54, 1.807) is 6.20 Å². The van der Waals surface area contributed by atoms with Crippen LogP contribution in [-0.2, 0) is 6.54 Å². The van der Waals surface area contributed by atoms with Gasteiger partial charge in [-0.3, -0.25) is 9.89 Å². The highest BCUT2D eigenvalue weighted by atomic mass is 16.1. The van der Waals surface area contributed by atoms with Crippen LogP contribution in [0.1, 0.15) is 35.5 Å². The van der Waals surface area contributed by atoms with Crippen molar-refractivity contribution in [2.45, 2.75) is 33.4 Å². The Labute approximate surface area is 118 Å². The average molecular weight is 272 g/mol. The van der Waals surface area contributed by atoms with E-state index in [9.17, 15) is 4.79 Å². The number of carbonyl (C=O) groups is 1. The summed E-state index contributed by atoms with van der Waals surface area (Å²) in [5.74, 6) is -0.0526. The Morgan fingerprint density at radius 3 is 2.85 bits per heavy atom. The molecule has 5 heteroatoms. The molecule has 2 aromatic rings. The summed E-state index contributed by atoms with van der Waals surface area (Å²) in [6.45, 7) is 6.55. The molecule has 106 valence electrons. The molecule has 0 bridgehead atoms. The van der Waals surface area contributed by atoms with Gasteiger partial charge in [0.1, 0.15) is 0 Å². The van der Waals surface area contributed by atoms with Crippen LogP contribution in [0, 0.1) is 6.92 Å². The number of carbonyl (C=O) groups excluding carboxylic acids is 1. The zero-order valence-electron chi connectivity index (χ0n) is 12.0. The standard InChI is InChI=1S/C15H20N4O/c1-10(2)18-15(20)12-5-4-6-14(7-12)16-8-13-9-17-19-11(13)3/h4-7,9-10,16H,8H2,1-3H3,(H,17,19)(H,18,20). The van der Waals surface area contributed by atoms with E-state index in [1.165, 1.54) is 0 Å². The fourth-order valence-electron chi connectivity index (χ4n) is 1.87. The summed E-state index contributed by atoms with van der Waals surface area (Å²) in [7, 11) is 0. The first-order valence-corrected chi connectivity index (χ1v) is 6.70. The molecule has 0 unspecified atom stereocenters. The van der Waals surface area contributed by atoms with Crippen molar-refractivity contribution < 1.29 is 4.79 Å². The summed E-state index contributed by atoms with van der Waals surface area (Å²) >= 11 is 0. The molecule has 1 aromatic heterocycles. The Bertz CT molecular complexity index is 589. The van der Waals surface area contributed by atoms with E-state index in [4.69, 9.17) is 0 Å². The Balaban J connectivity index is 2.02. The van der Waals surface area contributed by atoms with Gasteiger partial charge in [0.2, 0.25) is 0 Å². The minimum atomic E-state index is -0.0526. The second kappa shape index (κ2) is 6.23. The van der Waals surface area contributed by atoms with Gasteiger partial charge in [-0.1, -0.05) is 6.07 Å². The predicted octanol–water partition coefficient (Wildman–Crippen LogP) is 2.47. The largest absolute Gasteiger partial charge is 0.381 e. The normalized spacial score (nSPS) is 10.6. The van der Waals surface area contributed by atoms with Gasteiger partial charge in [-0.2, -0.15) is 5.10 Å². The quantitative estimate of drug-likeness (QED) is 0.783. The van der Waals surface area contributed by atoms with Crippen molar-refractivity contribution in [1.29, 1.82) is 0 Å². The molecule has 1 aromatic carbocycles. The number of benzene rings is 1. The molecule has 0 fully saturated rings. The van der Waals surface area contributed by atoms with Gasteiger partial charge in [-0.15, -0.1) is 0 Å². The number of aromatic nitrogens is 2. The summed E-state index contributed by atoms with van der Waals surface area (Å²) in [5, 5.41) is 13.1. The Morgan fingerprint density at radius 2 is 2.20 bits per heavy atom. The molecule has 0 aliphatic carbocycles. The first-order valence-electron chi connectivity index (χ1n) is 6.70. The van der Waals surface area contributed by atoms with E-state index in [0.29, 0.717) is 12.1 Å². The van der Waals surface area contributed by atoms with Crippen molar-refractivity contribution in [3.8, 4) is 0 Å². The van der Waals surface area contributed by atoms with Crippen molar-refractivity contribution >= 4 is 11.6 Å². The van der Waals surface area contributed by atoms with Crippen LogP contribution in [0.25, 0.3) is 0 Å². The number of hydrogen-bond donors (Lipinski definition) is 3. The molecule has 0 saturated heterocycles. The first-order chi connectivity index (χ1) is 9.56. The van der Waals surface area contributed by atoms with Crippen LogP contribution in [0.4, 0.5) is 5.69 Å². The highest BCUT2D eigenvalue weighted by molar-refractivity contribution is 5.95. The van der Waals surface area contributed by atoms with Gasteiger partial charge in [-0.25, -0.2) is 0 Å². The number of aryl methyl sites for hydroxylation is 1. The maximum Gasteiger partial charge on any atom is 0.251 e. The molecule has 3 N–H and O–H groups in total. The summed E-state index contributed by atoms with van der Waals surface area (Å²) < 4.78 is 0. The maximum absolute atomic E-state index is 11.9. The third-order valence-electron chi connectivity index (χ3n) is 2.96. The molecule has 1 amide bonds. The second-order valence-corrected chi connectivity index (χ2v) is 5.08. The van der Waals surface area contributed by atoms with E-state index in [2.05, 4.69) is 20.8 Å². The summed E-state index contributed by atoms with van der Waals surface area (Å²) in [4.78, 5) is 11.9. The topological polar surface area (TPSA) is 69.8 Å². The van der Waals surface area contributed by atoms with Gasteiger partial charge < -0.3 is 10.6 Å². The van der Waals surface area contributed by atoms with Crippen LogP contribution in [0.2, 0.25) is 0 Å². The van der Waals surface area contributed by atoms with Crippen LogP contribution in [0.15, 0.2) is 30.5 Å². The minimum absolute atomic E-state index is 0.0526. The van der Waals surface area contributed by atoms with Crippen molar-refractivity contribution in [3.05, 3.63) is 47.3 Å². The second-order valence-electron chi connectivity index (χ2n) is 5.08. The third kappa shape index (κ3) is 3.60. The predicted molar refractivity (Wildman–Crippen MR) is 79.7 cm³/mol. The van der Waals surface area contributed by atoms with Gasteiger partial charge in [-0.05, 0) is 39.0 Å². The lowest BCUT2D eigenvalue weighted by atomic mass is 10.1. The zero-order valence-corrected chi connectivity index (χ0v) is 12.0. The van der Waals surface area contributed by atoms with Gasteiger partial charge in [0.05, 0.1) is 6.20 Å². The van der Waals surface area contributed by atoms with Crippen LogP contribution in [-0.4, -0.2) is 22.1 Å². The van der Waals surface area contributed by atoms with Gasteiger partial charge in [0.25, 0.3) is 5.91 Å². The number of H-pyrrole nitrogens is 1. The molecule has 0 atom stereocenters. The smallest absolute Gasteiger partial charge is 0.251 e. The first kappa shape index (κ1) is 14.1. The number of hydrogen-bond acceptors (Lipinski definition) is 3. The SMILES string of the molecule is Cc1[nH]ncc1CNc1cccc(C(=O)NC(C)C)c1. The lowest BCUT2D eigenvalue weighted by Crippen LogP contribution is -2.30. The molecular weight excluding hydrogens is 252 g/mol. The maximum atomic E-state index is 11.9. The monoisotopic (exact) mass is 272 g/mol. The van der Waals surface area contributed by atoms with Crippen LogP contribution < -0.4 is 10.6 Å². The average Bonchev–Trinajstić information content (AvgIpc) is 2.81. The molecule has 2 rings (SSSR count). The van der Waals surface area contributed by atoms with Crippen molar-refractivity contribution in [2.75, 3.05) is 5.32 Å². The van der Waals surface area contributed by atoms with E-state index in [1.807, 2.05) is 45.0 Å². The van der Waals surface area contributed by atoms with E-state index in [-0.39, 0.29) is 11.9 Å². The lowest BCUT2D eigenvalue weighted by molar-refractivity contribution is 0.0943. The Morgan fingerprint density at radius 1 is 1.40 bits per heavy atom. The molecule has 0 aliphatic heterocycles. The van der Waals surface area contributed by atoms with Gasteiger partial charge in [0.15, 0.2) is 0 Å². The van der Waals surface area contributed by atoms with Crippen LogP contribution >= 0.6 is 0 Å². The molecular formula is C15H20N4O. The van der Waals surface area contributed by atoms with E-state index >= 15 is 0 Å². The molecule has 5 nitrogen and oxygen atoms in total. The minimum Gasteiger partial charge on any atom is -0.381 e. The van der Waals surface area contributed by atoms with Gasteiger partial charge in [0, 0.05) is 35.1 Å². The molecule has 0 aliphatic rings. The summed E-state index contributed by atoms with van der Waals surface area (Å²) in [5.41, 5.74) is 3.74. The van der Waals surface area contributed by atoms with E-state index < -0.39 is 0 Å². The van der Waals surface area contributed by atoms with Crippen LogP contribution in [0.5, 0.6) is 0 Å². The van der Waals surface area contributed by atoms with Crippen LogP contribution in [0.3, 0.4) is 0 Å². The third-order valence-corrected chi connectivity index (χ3v) is 2.96. The van der Waals surface area contributed by atoms with Crippen molar-refractivity contribution in [3.63, 3.8) is 0 Å². The van der Waals surface area contributed by atoms with E-state index in [0.717, 1.165) is 16.9 Å². The zero-order chi connectivity index (χ0) is 14.5. The Kier molecular flexibility index (Phi) is 4.40. The number of nitrogens with zero attached hydrogens (tertiary/aromatic N) is 1. The highest BCUT2D eigenvalue weighted by Gasteiger charge is 2.07. The fourth-order valence-corrected chi connectivity index (χ4v) is 1.87. The summed E-state index contributed by atoms with van der Waals surface area (Å²) in [6, 6.07) is 7.62. The molecule has 0 saturated carbocycles. The van der Waals surface area contributed by atoms with Crippen molar-refractivity contribution in [2.24, 2.45) is 0 Å². The number of amides is 1. The number of nitrogens with one attached hydrogen (secondary N) is 3. The number of rotatable bonds is 5. The molecule has 0 radical (unpaired) electrons. The van der Waals surface area contributed by atoms with Crippen molar-refractivity contribution in [1.82, 2.24) is 15.5 Å². The molecule has 0 spiro atoms. The fraction of sp³-hybridized carbons (Fsp3) is 0.333. The number of anilines is 1. The molecule has 1 heterocycles. The highest BCUT2D eigenvalue weighted by Crippen LogP contribution is 2.13. The van der Waals surface area contributed by atoms with Gasteiger partial charge >= 0.3 is 0 Å².